The third kappa shape index (κ3) is 4.80. The lowest BCUT2D eigenvalue weighted by atomic mass is 10.0. The van der Waals surface area contributed by atoms with Crippen LogP contribution in [0.5, 0.6) is 0 Å². The van der Waals surface area contributed by atoms with Crippen LogP contribution in [0.4, 0.5) is 0 Å². The maximum Gasteiger partial charge on any atom is 0.0858 e. The summed E-state index contributed by atoms with van der Waals surface area (Å²) >= 11 is 0. The molecule has 2 nitrogen and oxygen atoms in total. The molecule has 0 spiro atoms. The van der Waals surface area contributed by atoms with Crippen molar-refractivity contribution in [1.29, 1.82) is 0 Å². The molecule has 0 amide bonds. The lowest BCUT2D eigenvalue weighted by molar-refractivity contribution is -0.0288. The summed E-state index contributed by atoms with van der Waals surface area (Å²) in [5.74, 6) is 0.623. The molecule has 88 valence electrons. The largest absolute Gasteiger partial charge is 0.390 e. The highest BCUT2D eigenvalue weighted by atomic mass is 16.5. The number of allylic oxidation sites excluding steroid dienone is 1. The quantitative estimate of drug-likeness (QED) is 0.470. The van der Waals surface area contributed by atoms with Crippen molar-refractivity contribution in [3.05, 3.63) is 12.7 Å². The molecule has 0 bridgehead atoms. The first-order chi connectivity index (χ1) is 7.29. The number of aliphatic hydroxyl groups excluding tert-OH is 1. The van der Waals surface area contributed by atoms with Gasteiger partial charge in [-0.2, -0.15) is 0 Å². The highest BCUT2D eigenvalue weighted by molar-refractivity contribution is 4.86. The molecule has 0 aromatic heterocycles. The Balaban J connectivity index is 2.05. The van der Waals surface area contributed by atoms with Crippen LogP contribution in [0.2, 0.25) is 0 Å². The van der Waals surface area contributed by atoms with Crippen LogP contribution in [-0.4, -0.2) is 24.4 Å². The Morgan fingerprint density at radius 2 is 2.13 bits per heavy atom. The standard InChI is InChI=1S/C13H24O2/c1-3-4-5-6-7-8-12(14)13(15-2)11-9-10-11/h3,11-14H,1,4-10H2,2H3. The molecule has 0 heterocycles. The molecule has 0 aliphatic heterocycles. The summed E-state index contributed by atoms with van der Waals surface area (Å²) in [6.07, 6.45) is 9.69. The van der Waals surface area contributed by atoms with Gasteiger partial charge in [0.15, 0.2) is 0 Å². The van der Waals surface area contributed by atoms with E-state index in [-0.39, 0.29) is 12.2 Å². The van der Waals surface area contributed by atoms with Gasteiger partial charge >= 0.3 is 0 Å². The Bertz CT molecular complexity index is 175. The number of ether oxygens (including phenoxy) is 1. The van der Waals surface area contributed by atoms with E-state index in [2.05, 4.69) is 6.58 Å². The highest BCUT2D eigenvalue weighted by Crippen LogP contribution is 2.36. The fraction of sp³-hybridized carbons (Fsp3) is 0.846. The number of unbranched alkanes of at least 4 members (excludes halogenated alkanes) is 3. The summed E-state index contributed by atoms with van der Waals surface area (Å²) in [5.41, 5.74) is 0. The van der Waals surface area contributed by atoms with Crippen LogP contribution in [0.1, 0.15) is 44.9 Å². The second-order valence-corrected chi connectivity index (χ2v) is 4.53. The molecule has 2 heteroatoms. The van der Waals surface area contributed by atoms with Crippen LogP contribution in [0.25, 0.3) is 0 Å². The molecule has 0 aromatic rings. The molecular formula is C13H24O2. The molecule has 1 saturated carbocycles. The smallest absolute Gasteiger partial charge is 0.0858 e. The SMILES string of the molecule is C=CCCCCCC(O)C(OC)C1CC1. The van der Waals surface area contributed by atoms with E-state index >= 15 is 0 Å². The Morgan fingerprint density at radius 1 is 1.40 bits per heavy atom. The minimum Gasteiger partial charge on any atom is -0.390 e. The predicted octanol–water partition coefficient (Wildman–Crippen LogP) is 2.91. The number of aliphatic hydroxyl groups is 1. The van der Waals surface area contributed by atoms with E-state index in [0.717, 1.165) is 19.3 Å². The normalized spacial score (nSPS) is 19.9. The maximum atomic E-state index is 9.93. The van der Waals surface area contributed by atoms with E-state index < -0.39 is 0 Å². The number of hydrogen-bond donors (Lipinski definition) is 1. The lowest BCUT2D eigenvalue weighted by Gasteiger charge is -2.21. The number of methoxy groups -OCH3 is 1. The summed E-state index contributed by atoms with van der Waals surface area (Å²) in [6.45, 7) is 3.70. The van der Waals surface area contributed by atoms with Crippen LogP contribution in [0, 0.1) is 5.92 Å². The van der Waals surface area contributed by atoms with Crippen molar-refractivity contribution in [2.24, 2.45) is 5.92 Å². The summed E-state index contributed by atoms with van der Waals surface area (Å²) in [5, 5.41) is 9.93. The van der Waals surface area contributed by atoms with E-state index in [9.17, 15) is 5.11 Å². The van der Waals surface area contributed by atoms with Crippen LogP contribution >= 0.6 is 0 Å². The zero-order valence-electron chi connectivity index (χ0n) is 9.82. The second kappa shape index (κ2) is 7.02. The van der Waals surface area contributed by atoms with Crippen LogP contribution in [0.3, 0.4) is 0 Å². The van der Waals surface area contributed by atoms with Gasteiger partial charge in [-0.15, -0.1) is 6.58 Å². The van der Waals surface area contributed by atoms with Gasteiger partial charge in [0, 0.05) is 7.11 Å². The summed E-state index contributed by atoms with van der Waals surface area (Å²) in [7, 11) is 1.71. The molecule has 1 fully saturated rings. The Morgan fingerprint density at radius 3 is 2.67 bits per heavy atom. The first kappa shape index (κ1) is 12.7. The first-order valence-electron chi connectivity index (χ1n) is 6.11. The summed E-state index contributed by atoms with van der Waals surface area (Å²) < 4.78 is 5.35. The van der Waals surface area contributed by atoms with Crippen molar-refractivity contribution >= 4 is 0 Å². The minimum atomic E-state index is -0.258. The highest BCUT2D eigenvalue weighted by Gasteiger charge is 2.35. The molecule has 1 N–H and O–H groups in total. The third-order valence-electron chi connectivity index (χ3n) is 3.15. The van der Waals surface area contributed by atoms with E-state index in [1.54, 1.807) is 7.11 Å². The third-order valence-corrected chi connectivity index (χ3v) is 3.15. The van der Waals surface area contributed by atoms with Crippen molar-refractivity contribution < 1.29 is 9.84 Å². The molecule has 2 unspecified atom stereocenters. The predicted molar refractivity (Wildman–Crippen MR) is 62.8 cm³/mol. The monoisotopic (exact) mass is 212 g/mol. The van der Waals surface area contributed by atoms with E-state index in [0.29, 0.717) is 5.92 Å². The van der Waals surface area contributed by atoms with E-state index in [4.69, 9.17) is 4.74 Å². The molecule has 1 aliphatic rings. The molecule has 1 aliphatic carbocycles. The zero-order valence-corrected chi connectivity index (χ0v) is 9.82. The van der Waals surface area contributed by atoms with Crippen molar-refractivity contribution in [3.8, 4) is 0 Å². The topological polar surface area (TPSA) is 29.5 Å². The van der Waals surface area contributed by atoms with Crippen LogP contribution in [0.15, 0.2) is 12.7 Å². The zero-order chi connectivity index (χ0) is 11.1. The fourth-order valence-corrected chi connectivity index (χ4v) is 2.07. The molecule has 1 rings (SSSR count). The summed E-state index contributed by atoms with van der Waals surface area (Å²) in [4.78, 5) is 0. The summed E-state index contributed by atoms with van der Waals surface area (Å²) in [6, 6.07) is 0. The van der Waals surface area contributed by atoms with Gasteiger partial charge in [-0.25, -0.2) is 0 Å². The van der Waals surface area contributed by atoms with Crippen molar-refractivity contribution in [1.82, 2.24) is 0 Å². The van der Waals surface area contributed by atoms with E-state index in [1.165, 1.54) is 25.7 Å². The minimum absolute atomic E-state index is 0.0874. The lowest BCUT2D eigenvalue weighted by Crippen LogP contribution is -2.29. The van der Waals surface area contributed by atoms with Crippen molar-refractivity contribution in [2.75, 3.05) is 7.11 Å². The van der Waals surface area contributed by atoms with Gasteiger partial charge in [0.2, 0.25) is 0 Å². The van der Waals surface area contributed by atoms with Crippen LogP contribution in [-0.2, 0) is 4.74 Å². The molecular weight excluding hydrogens is 188 g/mol. The van der Waals surface area contributed by atoms with Gasteiger partial charge in [-0.05, 0) is 38.0 Å². The maximum absolute atomic E-state index is 9.93. The molecule has 0 saturated heterocycles. The van der Waals surface area contributed by atoms with Crippen molar-refractivity contribution in [2.45, 2.75) is 57.2 Å². The van der Waals surface area contributed by atoms with Gasteiger partial charge in [-0.3, -0.25) is 0 Å². The second-order valence-electron chi connectivity index (χ2n) is 4.53. The first-order valence-corrected chi connectivity index (χ1v) is 6.11. The Hall–Kier alpha value is -0.340. The molecule has 0 aromatic carbocycles. The van der Waals surface area contributed by atoms with Crippen molar-refractivity contribution in [3.63, 3.8) is 0 Å². The Kier molecular flexibility index (Phi) is 5.96. The average molecular weight is 212 g/mol. The van der Waals surface area contributed by atoms with Crippen LogP contribution < -0.4 is 0 Å². The molecule has 15 heavy (non-hydrogen) atoms. The number of rotatable bonds is 9. The number of hydrogen-bond acceptors (Lipinski definition) is 2. The van der Waals surface area contributed by atoms with E-state index in [1.807, 2.05) is 6.08 Å². The molecule has 0 radical (unpaired) electrons. The fourth-order valence-electron chi connectivity index (χ4n) is 2.07. The van der Waals surface area contributed by atoms with Gasteiger partial charge in [-0.1, -0.05) is 18.9 Å². The molecule has 2 atom stereocenters. The van der Waals surface area contributed by atoms with Gasteiger partial charge in [0.25, 0.3) is 0 Å². The Labute approximate surface area is 93.3 Å². The van der Waals surface area contributed by atoms with Gasteiger partial charge in [0.1, 0.15) is 0 Å². The average Bonchev–Trinajstić information content (AvgIpc) is 3.03. The van der Waals surface area contributed by atoms with Gasteiger partial charge < -0.3 is 9.84 Å². The van der Waals surface area contributed by atoms with Gasteiger partial charge in [0.05, 0.1) is 12.2 Å².